The molecule has 0 spiro atoms. The van der Waals surface area contributed by atoms with Crippen molar-refractivity contribution in [2.45, 2.75) is 51.5 Å². The number of aliphatic hydroxyl groups is 1. The second-order valence-corrected chi connectivity index (χ2v) is 6.00. The number of amides is 1. The Labute approximate surface area is 110 Å². The maximum absolute atomic E-state index is 12.1. The smallest absolute Gasteiger partial charge is 0.237 e. The summed E-state index contributed by atoms with van der Waals surface area (Å²) in [5.74, 6) is 0.122. The van der Waals surface area contributed by atoms with E-state index in [2.05, 4.69) is 10.2 Å². The molecule has 0 aromatic heterocycles. The van der Waals surface area contributed by atoms with Crippen molar-refractivity contribution in [1.82, 2.24) is 10.2 Å². The van der Waals surface area contributed by atoms with Gasteiger partial charge in [0.25, 0.3) is 0 Å². The van der Waals surface area contributed by atoms with Crippen LogP contribution in [-0.4, -0.2) is 48.2 Å². The monoisotopic (exact) mass is 254 g/mol. The molecule has 18 heavy (non-hydrogen) atoms. The molecule has 1 saturated heterocycles. The zero-order chi connectivity index (χ0) is 13.0. The predicted molar refractivity (Wildman–Crippen MR) is 71.3 cm³/mol. The third-order valence-corrected chi connectivity index (χ3v) is 4.71. The summed E-state index contributed by atoms with van der Waals surface area (Å²) in [6, 6.07) is -0.0235. The topological polar surface area (TPSA) is 52.6 Å². The largest absolute Gasteiger partial charge is 0.396 e. The summed E-state index contributed by atoms with van der Waals surface area (Å²) < 4.78 is 0. The van der Waals surface area contributed by atoms with E-state index >= 15 is 0 Å². The molecule has 4 nitrogen and oxygen atoms in total. The highest BCUT2D eigenvalue weighted by molar-refractivity contribution is 5.81. The van der Waals surface area contributed by atoms with Gasteiger partial charge < -0.3 is 10.4 Å². The van der Waals surface area contributed by atoms with Crippen molar-refractivity contribution in [2.24, 2.45) is 5.41 Å². The standard InChI is InChI=1S/C14H26N2O2/c1-12(16-8-4-5-9-16)13(18)15-10-14(11-17)6-2-3-7-14/h12,17H,2-11H2,1H3,(H,15,18)/t12-/m0/s1. The Bertz CT molecular complexity index is 282. The van der Waals surface area contributed by atoms with E-state index in [0.29, 0.717) is 6.54 Å². The van der Waals surface area contributed by atoms with Crippen LogP contribution < -0.4 is 5.32 Å². The van der Waals surface area contributed by atoms with Gasteiger partial charge in [0, 0.05) is 12.0 Å². The minimum atomic E-state index is -0.0413. The SMILES string of the molecule is C[C@@H](C(=O)NCC1(CO)CCCC1)N1CCCC1. The third-order valence-electron chi connectivity index (χ3n) is 4.71. The van der Waals surface area contributed by atoms with Crippen LogP contribution in [0.4, 0.5) is 0 Å². The highest BCUT2D eigenvalue weighted by Crippen LogP contribution is 2.36. The lowest BCUT2D eigenvalue weighted by molar-refractivity contribution is -0.126. The average Bonchev–Trinajstić information content (AvgIpc) is 3.06. The molecular formula is C14H26N2O2. The molecule has 1 saturated carbocycles. The fourth-order valence-corrected chi connectivity index (χ4v) is 3.23. The number of carbonyl (C=O) groups excluding carboxylic acids is 1. The Morgan fingerprint density at radius 3 is 2.44 bits per heavy atom. The minimum absolute atomic E-state index is 0.0235. The van der Waals surface area contributed by atoms with Gasteiger partial charge in [0.05, 0.1) is 12.6 Å². The van der Waals surface area contributed by atoms with Crippen molar-refractivity contribution in [1.29, 1.82) is 0 Å². The molecule has 1 aliphatic heterocycles. The molecule has 2 fully saturated rings. The van der Waals surface area contributed by atoms with Crippen LogP contribution >= 0.6 is 0 Å². The summed E-state index contributed by atoms with van der Waals surface area (Å²) in [7, 11) is 0. The summed E-state index contributed by atoms with van der Waals surface area (Å²) >= 11 is 0. The highest BCUT2D eigenvalue weighted by Gasteiger charge is 2.34. The van der Waals surface area contributed by atoms with E-state index in [1.165, 1.54) is 25.7 Å². The zero-order valence-corrected chi connectivity index (χ0v) is 11.5. The second kappa shape index (κ2) is 6.02. The van der Waals surface area contributed by atoms with Crippen LogP contribution in [0, 0.1) is 5.41 Å². The van der Waals surface area contributed by atoms with Gasteiger partial charge in [0.2, 0.25) is 5.91 Å². The van der Waals surface area contributed by atoms with Crippen molar-refractivity contribution in [3.05, 3.63) is 0 Å². The maximum Gasteiger partial charge on any atom is 0.237 e. The fourth-order valence-electron chi connectivity index (χ4n) is 3.23. The van der Waals surface area contributed by atoms with Crippen molar-refractivity contribution in [3.8, 4) is 0 Å². The van der Waals surface area contributed by atoms with E-state index in [0.717, 1.165) is 25.9 Å². The van der Waals surface area contributed by atoms with Crippen LogP contribution in [0.5, 0.6) is 0 Å². The fraction of sp³-hybridized carbons (Fsp3) is 0.929. The molecule has 2 N–H and O–H groups in total. The van der Waals surface area contributed by atoms with Gasteiger partial charge in [-0.1, -0.05) is 12.8 Å². The molecule has 1 aliphatic carbocycles. The van der Waals surface area contributed by atoms with Crippen molar-refractivity contribution < 1.29 is 9.90 Å². The summed E-state index contributed by atoms with van der Waals surface area (Å²) in [5, 5.41) is 12.6. The van der Waals surface area contributed by atoms with Crippen molar-refractivity contribution >= 4 is 5.91 Å². The molecule has 0 bridgehead atoms. The molecule has 0 unspecified atom stereocenters. The first-order chi connectivity index (χ1) is 8.67. The molecule has 1 amide bonds. The van der Waals surface area contributed by atoms with Crippen molar-refractivity contribution in [3.63, 3.8) is 0 Å². The first-order valence-corrected chi connectivity index (χ1v) is 7.29. The third kappa shape index (κ3) is 3.04. The van der Waals surface area contributed by atoms with E-state index in [4.69, 9.17) is 0 Å². The van der Waals surface area contributed by atoms with E-state index in [1.54, 1.807) is 0 Å². The zero-order valence-electron chi connectivity index (χ0n) is 11.5. The average molecular weight is 254 g/mol. The highest BCUT2D eigenvalue weighted by atomic mass is 16.3. The second-order valence-electron chi connectivity index (χ2n) is 6.00. The number of nitrogens with zero attached hydrogens (tertiary/aromatic N) is 1. The predicted octanol–water partition coefficient (Wildman–Crippen LogP) is 1.14. The maximum atomic E-state index is 12.1. The van der Waals surface area contributed by atoms with Gasteiger partial charge in [-0.2, -0.15) is 0 Å². The number of hydrogen-bond donors (Lipinski definition) is 2. The molecule has 0 radical (unpaired) electrons. The van der Waals surface area contributed by atoms with Crippen LogP contribution in [0.25, 0.3) is 0 Å². The van der Waals surface area contributed by atoms with Crippen molar-refractivity contribution in [2.75, 3.05) is 26.2 Å². The summed E-state index contributed by atoms with van der Waals surface area (Å²) in [6.45, 7) is 4.91. The van der Waals surface area contributed by atoms with Crippen LogP contribution in [0.15, 0.2) is 0 Å². The number of aliphatic hydroxyl groups excluding tert-OH is 1. The Balaban J connectivity index is 1.79. The van der Waals surface area contributed by atoms with Gasteiger partial charge in [0.15, 0.2) is 0 Å². The number of nitrogens with one attached hydrogen (secondary N) is 1. The first-order valence-electron chi connectivity index (χ1n) is 7.29. The Morgan fingerprint density at radius 2 is 1.89 bits per heavy atom. The van der Waals surface area contributed by atoms with Crippen LogP contribution in [0.2, 0.25) is 0 Å². The summed E-state index contributed by atoms with van der Waals surface area (Å²) in [5.41, 5.74) is -0.0413. The Hall–Kier alpha value is -0.610. The van der Waals surface area contributed by atoms with Gasteiger partial charge in [-0.25, -0.2) is 0 Å². The van der Waals surface area contributed by atoms with Gasteiger partial charge in [-0.3, -0.25) is 9.69 Å². The Morgan fingerprint density at radius 1 is 1.28 bits per heavy atom. The van der Waals surface area contributed by atoms with Gasteiger partial charge in [-0.15, -0.1) is 0 Å². The van der Waals surface area contributed by atoms with E-state index in [-0.39, 0.29) is 24.0 Å². The summed E-state index contributed by atoms with van der Waals surface area (Å²) in [6.07, 6.45) is 6.86. The molecule has 1 atom stereocenters. The molecule has 0 aromatic rings. The Kier molecular flexibility index (Phi) is 4.62. The van der Waals surface area contributed by atoms with Gasteiger partial charge in [-0.05, 0) is 45.7 Å². The van der Waals surface area contributed by atoms with E-state index in [9.17, 15) is 9.90 Å². The number of carbonyl (C=O) groups is 1. The molecule has 4 heteroatoms. The number of hydrogen-bond acceptors (Lipinski definition) is 3. The lowest BCUT2D eigenvalue weighted by Crippen LogP contribution is -2.47. The molecule has 2 rings (SSSR count). The molecule has 1 heterocycles. The molecule has 0 aromatic carbocycles. The number of rotatable bonds is 5. The van der Waals surface area contributed by atoms with Gasteiger partial charge in [0.1, 0.15) is 0 Å². The molecule has 2 aliphatic rings. The van der Waals surface area contributed by atoms with Gasteiger partial charge >= 0.3 is 0 Å². The minimum Gasteiger partial charge on any atom is -0.396 e. The van der Waals surface area contributed by atoms with E-state index in [1.807, 2.05) is 6.92 Å². The van der Waals surface area contributed by atoms with Crippen LogP contribution in [0.1, 0.15) is 45.4 Å². The number of likely N-dealkylation sites (tertiary alicyclic amines) is 1. The molecular weight excluding hydrogens is 228 g/mol. The lowest BCUT2D eigenvalue weighted by atomic mass is 9.87. The molecule has 104 valence electrons. The normalized spacial score (nSPS) is 25.2. The quantitative estimate of drug-likeness (QED) is 0.773. The van der Waals surface area contributed by atoms with Crippen LogP contribution in [0.3, 0.4) is 0 Å². The first kappa shape index (κ1) is 13.8. The summed E-state index contributed by atoms with van der Waals surface area (Å²) in [4.78, 5) is 14.4. The van der Waals surface area contributed by atoms with E-state index < -0.39 is 0 Å². The van der Waals surface area contributed by atoms with Crippen LogP contribution in [-0.2, 0) is 4.79 Å². The lowest BCUT2D eigenvalue weighted by Gasteiger charge is -2.29.